The molecule has 5 rings (SSSR count). The molecule has 3 aromatic carbocycles. The zero-order chi connectivity index (χ0) is 30.2. The lowest BCUT2D eigenvalue weighted by molar-refractivity contribution is 0.0184. The van der Waals surface area contributed by atoms with E-state index in [1.165, 1.54) is 11.3 Å². The number of aromatic nitrogens is 1. The van der Waals surface area contributed by atoms with Crippen LogP contribution in [-0.2, 0) is 24.3 Å². The van der Waals surface area contributed by atoms with E-state index in [4.69, 9.17) is 4.74 Å². The monoisotopic (exact) mass is 596 g/mol. The molecule has 1 amide bonds. The molecule has 4 atom stereocenters. The summed E-state index contributed by atoms with van der Waals surface area (Å²) in [6.07, 6.45) is 2.83. The minimum absolute atomic E-state index is 0.0669. The van der Waals surface area contributed by atoms with E-state index in [2.05, 4.69) is 17.1 Å². The molecule has 0 saturated heterocycles. The number of aliphatic hydroxyl groups excluding tert-OH is 1. The lowest BCUT2D eigenvalue weighted by Crippen LogP contribution is -2.32. The van der Waals surface area contributed by atoms with Crippen LogP contribution in [0.2, 0.25) is 0 Å². The Kier molecular flexibility index (Phi) is 10.5. The van der Waals surface area contributed by atoms with Crippen molar-refractivity contribution < 1.29 is 19.4 Å². The smallest absolute Gasteiger partial charge is 0.253 e. The Bertz CT molecular complexity index is 1490. The molecule has 0 unspecified atom stereocenters. The second-order valence-electron chi connectivity index (χ2n) is 11.7. The molecule has 1 saturated carbocycles. The molecule has 1 heterocycles. The van der Waals surface area contributed by atoms with Crippen molar-refractivity contribution in [3.05, 3.63) is 123 Å². The molecular formula is C36H40N2O4S. The van der Waals surface area contributed by atoms with Gasteiger partial charge in [0.15, 0.2) is 5.78 Å². The molecule has 0 aliphatic heterocycles. The van der Waals surface area contributed by atoms with Gasteiger partial charge in [-0.3, -0.25) is 9.59 Å². The summed E-state index contributed by atoms with van der Waals surface area (Å²) in [6.45, 7) is 2.91. The third-order valence-electron chi connectivity index (χ3n) is 8.33. The van der Waals surface area contributed by atoms with Crippen LogP contribution in [0.5, 0.6) is 0 Å². The normalized spacial score (nSPS) is 17.8. The van der Waals surface area contributed by atoms with Gasteiger partial charge in [0.05, 0.1) is 25.4 Å². The van der Waals surface area contributed by atoms with Crippen LogP contribution in [0.15, 0.2) is 90.3 Å². The first kappa shape index (κ1) is 30.8. The van der Waals surface area contributed by atoms with Gasteiger partial charge < -0.3 is 14.7 Å². The molecule has 43 heavy (non-hydrogen) atoms. The maximum atomic E-state index is 13.7. The number of rotatable bonds is 13. The second kappa shape index (κ2) is 14.7. The Morgan fingerprint density at radius 3 is 2.37 bits per heavy atom. The number of Topliss-reactive ketones (excluding diaryl/α,β-unsaturated/α-hetero) is 1. The van der Waals surface area contributed by atoms with Crippen molar-refractivity contribution in [3.8, 4) is 0 Å². The molecule has 4 aromatic rings. The molecule has 6 nitrogen and oxygen atoms in total. The Hall–Kier alpha value is -3.65. The van der Waals surface area contributed by atoms with E-state index in [0.717, 1.165) is 41.1 Å². The highest BCUT2D eigenvalue weighted by molar-refractivity contribution is 7.09. The van der Waals surface area contributed by atoms with Crippen LogP contribution in [0, 0.1) is 18.8 Å². The zero-order valence-corrected chi connectivity index (χ0v) is 25.7. The number of hydrogen-bond donors (Lipinski definition) is 1. The number of amides is 1. The van der Waals surface area contributed by atoms with Crippen LogP contribution in [0.4, 0.5) is 0 Å². The quantitative estimate of drug-likeness (QED) is 0.170. The Labute approximate surface area is 258 Å². The summed E-state index contributed by atoms with van der Waals surface area (Å²) < 4.78 is 6.19. The molecule has 1 aliphatic rings. The van der Waals surface area contributed by atoms with Gasteiger partial charge in [0.1, 0.15) is 5.01 Å². The third kappa shape index (κ3) is 8.47. The molecule has 224 valence electrons. The van der Waals surface area contributed by atoms with Gasteiger partial charge >= 0.3 is 0 Å². The largest absolute Gasteiger partial charge is 0.393 e. The minimum atomic E-state index is -0.632. The predicted molar refractivity (Wildman–Crippen MR) is 170 cm³/mol. The number of ketones is 1. The van der Waals surface area contributed by atoms with Gasteiger partial charge in [-0.15, -0.1) is 11.3 Å². The van der Waals surface area contributed by atoms with E-state index in [1.54, 1.807) is 36.2 Å². The van der Waals surface area contributed by atoms with Gasteiger partial charge in [-0.2, -0.15) is 0 Å². The molecule has 1 aromatic heterocycles. The first-order valence-corrected chi connectivity index (χ1v) is 15.9. The SMILES string of the molecule is Cc1csc(CN(C)C(=O)c2cccc(C(=O)C[C@@H](Cc3ccccc3)[C@H](O)[C@@H]3CC[C@H](OCc4ccccc4)C3)c2)n1. The van der Waals surface area contributed by atoms with Crippen molar-refractivity contribution in [2.75, 3.05) is 7.05 Å². The minimum Gasteiger partial charge on any atom is -0.393 e. The maximum absolute atomic E-state index is 13.7. The number of aryl methyl sites for hydroxylation is 1. The first-order chi connectivity index (χ1) is 20.9. The standard InChI is InChI=1S/C36H40N2O4S/c1-25-24-43-34(37-25)22-38(2)36(41)30-15-9-14-28(19-30)33(39)21-31(18-26-10-5-3-6-11-26)35(40)29-16-17-32(20-29)42-23-27-12-7-4-8-13-27/h3-15,19,24,29,31-32,35,40H,16-18,20-23H2,1-2H3/t29-,31-,32+,35-/m1/s1. The summed E-state index contributed by atoms with van der Waals surface area (Å²) in [5.41, 5.74) is 4.14. The van der Waals surface area contributed by atoms with Crippen LogP contribution in [0.25, 0.3) is 0 Å². The predicted octanol–water partition coefficient (Wildman–Crippen LogP) is 6.90. The lowest BCUT2D eigenvalue weighted by atomic mass is 9.81. The molecular weight excluding hydrogens is 556 g/mol. The number of aliphatic hydroxyl groups is 1. The van der Waals surface area contributed by atoms with Gasteiger partial charge in [0.2, 0.25) is 0 Å². The summed E-state index contributed by atoms with van der Waals surface area (Å²) in [6, 6.07) is 27.1. The average molecular weight is 597 g/mol. The number of nitrogens with zero attached hydrogens (tertiary/aromatic N) is 2. The number of carbonyl (C=O) groups excluding carboxylic acids is 2. The Balaban J connectivity index is 1.25. The summed E-state index contributed by atoms with van der Waals surface area (Å²) in [4.78, 5) is 32.9. The molecule has 0 bridgehead atoms. The van der Waals surface area contributed by atoms with Crippen molar-refractivity contribution in [2.24, 2.45) is 11.8 Å². The van der Waals surface area contributed by atoms with Crippen LogP contribution >= 0.6 is 11.3 Å². The highest BCUT2D eigenvalue weighted by Gasteiger charge is 2.35. The number of thiazole rings is 1. The van der Waals surface area contributed by atoms with Gasteiger partial charge in [0, 0.05) is 35.7 Å². The highest BCUT2D eigenvalue weighted by Crippen LogP contribution is 2.36. The summed E-state index contributed by atoms with van der Waals surface area (Å²) in [5.74, 6) is -0.403. The van der Waals surface area contributed by atoms with Crippen LogP contribution in [-0.4, -0.2) is 45.9 Å². The fourth-order valence-corrected chi connectivity index (χ4v) is 6.81. The number of carbonyl (C=O) groups is 2. The van der Waals surface area contributed by atoms with Gasteiger partial charge in [-0.25, -0.2) is 4.98 Å². The number of hydrogen-bond acceptors (Lipinski definition) is 6. The highest BCUT2D eigenvalue weighted by atomic mass is 32.1. The van der Waals surface area contributed by atoms with E-state index in [0.29, 0.717) is 30.7 Å². The van der Waals surface area contributed by atoms with Gasteiger partial charge in [-0.05, 0) is 67.7 Å². The Morgan fingerprint density at radius 1 is 0.977 bits per heavy atom. The van der Waals surface area contributed by atoms with Crippen molar-refractivity contribution in [1.29, 1.82) is 0 Å². The topological polar surface area (TPSA) is 79.7 Å². The van der Waals surface area contributed by atoms with E-state index in [9.17, 15) is 14.7 Å². The fourth-order valence-electron chi connectivity index (χ4n) is 5.99. The molecule has 7 heteroatoms. The number of benzene rings is 3. The second-order valence-corrected chi connectivity index (χ2v) is 12.6. The summed E-state index contributed by atoms with van der Waals surface area (Å²) in [7, 11) is 1.75. The lowest BCUT2D eigenvalue weighted by Gasteiger charge is -2.28. The molecule has 1 N–H and O–H groups in total. The van der Waals surface area contributed by atoms with E-state index in [-0.39, 0.29) is 36.1 Å². The maximum Gasteiger partial charge on any atom is 0.253 e. The fraction of sp³-hybridized carbons (Fsp3) is 0.361. The van der Waals surface area contributed by atoms with Crippen molar-refractivity contribution in [2.45, 2.75) is 64.4 Å². The summed E-state index contributed by atoms with van der Waals surface area (Å²) >= 11 is 1.53. The molecule has 0 radical (unpaired) electrons. The van der Waals surface area contributed by atoms with Crippen molar-refractivity contribution in [1.82, 2.24) is 9.88 Å². The van der Waals surface area contributed by atoms with Crippen molar-refractivity contribution >= 4 is 23.0 Å². The average Bonchev–Trinajstić information content (AvgIpc) is 3.68. The van der Waals surface area contributed by atoms with Crippen LogP contribution in [0.3, 0.4) is 0 Å². The van der Waals surface area contributed by atoms with E-state index >= 15 is 0 Å². The number of ether oxygens (including phenoxy) is 1. The van der Waals surface area contributed by atoms with Gasteiger partial charge in [0.25, 0.3) is 5.91 Å². The van der Waals surface area contributed by atoms with Crippen LogP contribution in [0.1, 0.15) is 68.2 Å². The molecule has 0 spiro atoms. The van der Waals surface area contributed by atoms with Gasteiger partial charge in [-0.1, -0.05) is 72.8 Å². The van der Waals surface area contributed by atoms with Crippen LogP contribution < -0.4 is 0 Å². The molecule has 1 aliphatic carbocycles. The van der Waals surface area contributed by atoms with E-state index in [1.807, 2.05) is 60.8 Å². The Morgan fingerprint density at radius 2 is 1.67 bits per heavy atom. The van der Waals surface area contributed by atoms with Crippen molar-refractivity contribution in [3.63, 3.8) is 0 Å². The zero-order valence-electron chi connectivity index (χ0n) is 24.9. The third-order valence-corrected chi connectivity index (χ3v) is 9.28. The van der Waals surface area contributed by atoms with E-state index < -0.39 is 6.10 Å². The molecule has 1 fully saturated rings. The first-order valence-electron chi connectivity index (χ1n) is 15.0. The summed E-state index contributed by atoms with van der Waals surface area (Å²) in [5, 5.41) is 14.5.